The van der Waals surface area contributed by atoms with Crippen molar-refractivity contribution in [1.82, 2.24) is 0 Å². The van der Waals surface area contributed by atoms with Gasteiger partial charge >= 0.3 is 0 Å². The molecule has 4 nitrogen and oxygen atoms in total. The summed E-state index contributed by atoms with van der Waals surface area (Å²) in [7, 11) is 0. The van der Waals surface area contributed by atoms with E-state index >= 15 is 0 Å². The minimum Gasteiger partial charge on any atom is -0.321 e. The highest BCUT2D eigenvalue weighted by atomic mass is 32.2. The van der Waals surface area contributed by atoms with Crippen LogP contribution in [0.1, 0.15) is 28.1 Å². The first-order chi connectivity index (χ1) is 11.9. The van der Waals surface area contributed by atoms with Crippen LogP contribution in [-0.2, 0) is 4.79 Å². The molecule has 0 atom stereocenters. The van der Waals surface area contributed by atoms with E-state index in [0.29, 0.717) is 32.2 Å². The molecule has 1 aliphatic carbocycles. The molecule has 1 aromatic carbocycles. The Labute approximate surface area is 152 Å². The number of hydrogen-bond acceptors (Lipinski definition) is 4. The van der Waals surface area contributed by atoms with E-state index in [1.54, 1.807) is 25.1 Å². The number of nitrogens with one attached hydrogen (secondary N) is 2. The molecule has 8 heteroatoms. The average Bonchev–Trinajstić information content (AvgIpc) is 3.33. The minimum absolute atomic E-state index is 0.000303. The number of anilines is 2. The van der Waals surface area contributed by atoms with Gasteiger partial charge in [-0.1, -0.05) is 11.8 Å². The van der Waals surface area contributed by atoms with E-state index in [1.807, 2.05) is 0 Å². The molecule has 25 heavy (non-hydrogen) atoms. The first-order valence-corrected chi connectivity index (χ1v) is 9.39. The van der Waals surface area contributed by atoms with Crippen LogP contribution >= 0.6 is 23.1 Å². The topological polar surface area (TPSA) is 58.2 Å². The van der Waals surface area contributed by atoms with Crippen molar-refractivity contribution in [2.24, 2.45) is 5.92 Å². The maximum Gasteiger partial charge on any atom is 0.288 e. The van der Waals surface area contributed by atoms with Crippen LogP contribution in [0.3, 0.4) is 0 Å². The van der Waals surface area contributed by atoms with Gasteiger partial charge in [-0.05, 0) is 55.7 Å². The summed E-state index contributed by atoms with van der Waals surface area (Å²) >= 11 is 1.68. The molecule has 0 spiro atoms. The Bertz CT molecular complexity index is 786. The quantitative estimate of drug-likeness (QED) is 0.694. The number of amides is 2. The number of carbonyl (C=O) groups is 2. The van der Waals surface area contributed by atoms with E-state index in [9.17, 15) is 18.4 Å². The molecule has 2 amide bonds. The van der Waals surface area contributed by atoms with E-state index in [-0.39, 0.29) is 17.7 Å². The largest absolute Gasteiger partial charge is 0.321 e. The van der Waals surface area contributed by atoms with E-state index in [0.717, 1.165) is 18.4 Å². The number of carbonyl (C=O) groups excluding carboxylic acids is 2. The highest BCUT2D eigenvalue weighted by Gasteiger charge is 2.30. The van der Waals surface area contributed by atoms with E-state index in [4.69, 9.17) is 0 Å². The Hall–Kier alpha value is -1.93. The molecular weight excluding hydrogens is 366 g/mol. The van der Waals surface area contributed by atoms with E-state index in [2.05, 4.69) is 10.6 Å². The van der Waals surface area contributed by atoms with Crippen LogP contribution < -0.4 is 10.6 Å². The molecule has 0 aliphatic heterocycles. The lowest BCUT2D eigenvalue weighted by atomic mass is 10.2. The Balaban J connectivity index is 1.64. The predicted octanol–water partition coefficient (Wildman–Crippen LogP) is 4.97. The van der Waals surface area contributed by atoms with Crippen molar-refractivity contribution in [2.45, 2.75) is 30.4 Å². The molecule has 0 saturated heterocycles. The highest BCUT2D eigenvalue weighted by molar-refractivity contribution is 7.99. The number of thioether (sulfide) groups is 1. The molecule has 2 aromatic rings. The number of rotatable bonds is 6. The molecule has 1 fully saturated rings. The lowest BCUT2D eigenvalue weighted by Gasteiger charge is -2.06. The van der Waals surface area contributed by atoms with Crippen LogP contribution in [-0.4, -0.2) is 17.6 Å². The standard InChI is InChI=1S/C17H16F2N2O2S2/c1-9-8-13(21-15(22)10-2-3-10)25-14(9)16(23)20-11-4-6-12(7-5-11)24-17(18)19/h4-8,10,17H,2-3H2,1H3,(H,20,23)(H,21,22). The van der Waals surface area contributed by atoms with Crippen molar-refractivity contribution < 1.29 is 18.4 Å². The first kappa shape index (κ1) is 17.9. The van der Waals surface area contributed by atoms with Gasteiger partial charge in [-0.2, -0.15) is 8.78 Å². The second-order valence-electron chi connectivity index (χ2n) is 5.74. The summed E-state index contributed by atoms with van der Waals surface area (Å²) in [5.74, 6) is -2.66. The lowest BCUT2D eigenvalue weighted by Crippen LogP contribution is -2.12. The number of thiophene rings is 1. The zero-order chi connectivity index (χ0) is 18.0. The van der Waals surface area contributed by atoms with Crippen molar-refractivity contribution in [1.29, 1.82) is 0 Å². The van der Waals surface area contributed by atoms with Crippen LogP contribution in [0.5, 0.6) is 0 Å². The van der Waals surface area contributed by atoms with Crippen LogP contribution in [0.25, 0.3) is 0 Å². The smallest absolute Gasteiger partial charge is 0.288 e. The third-order valence-corrected chi connectivity index (χ3v) is 5.53. The zero-order valence-electron chi connectivity index (χ0n) is 13.3. The van der Waals surface area contributed by atoms with Crippen LogP contribution in [0.4, 0.5) is 19.5 Å². The van der Waals surface area contributed by atoms with Gasteiger partial charge in [0, 0.05) is 16.5 Å². The second-order valence-corrected chi connectivity index (χ2v) is 7.86. The molecule has 1 aliphatic rings. The Morgan fingerprint density at radius 3 is 2.48 bits per heavy atom. The second kappa shape index (κ2) is 7.53. The molecular formula is C17H16F2N2O2S2. The third-order valence-electron chi connectivity index (χ3n) is 3.66. The summed E-state index contributed by atoms with van der Waals surface area (Å²) in [6.45, 7) is 1.81. The van der Waals surface area contributed by atoms with Crippen LogP contribution in [0.15, 0.2) is 35.2 Å². The summed E-state index contributed by atoms with van der Waals surface area (Å²) in [5.41, 5.74) is 1.30. The number of hydrogen-bond donors (Lipinski definition) is 2. The van der Waals surface area contributed by atoms with Gasteiger partial charge in [-0.3, -0.25) is 9.59 Å². The van der Waals surface area contributed by atoms with Gasteiger partial charge in [-0.15, -0.1) is 11.3 Å². The highest BCUT2D eigenvalue weighted by Crippen LogP contribution is 2.33. The molecule has 0 unspecified atom stereocenters. The van der Waals surface area contributed by atoms with Gasteiger partial charge in [0.15, 0.2) is 0 Å². The lowest BCUT2D eigenvalue weighted by molar-refractivity contribution is -0.117. The molecule has 1 saturated carbocycles. The van der Waals surface area contributed by atoms with Crippen molar-refractivity contribution >= 4 is 45.6 Å². The van der Waals surface area contributed by atoms with Crippen molar-refractivity contribution in [3.05, 3.63) is 40.8 Å². The molecule has 2 N–H and O–H groups in total. The monoisotopic (exact) mass is 382 g/mol. The fraction of sp³-hybridized carbons (Fsp3) is 0.294. The fourth-order valence-corrected chi connectivity index (χ4v) is 3.72. The number of halogens is 2. The zero-order valence-corrected chi connectivity index (χ0v) is 15.0. The van der Waals surface area contributed by atoms with Crippen LogP contribution in [0, 0.1) is 12.8 Å². The SMILES string of the molecule is Cc1cc(NC(=O)C2CC2)sc1C(=O)Nc1ccc(SC(F)F)cc1. The number of alkyl halides is 2. The van der Waals surface area contributed by atoms with Gasteiger partial charge in [0.2, 0.25) is 5.91 Å². The van der Waals surface area contributed by atoms with Crippen molar-refractivity contribution in [3.8, 4) is 0 Å². The molecule has 1 heterocycles. The summed E-state index contributed by atoms with van der Waals surface area (Å²) < 4.78 is 24.6. The van der Waals surface area contributed by atoms with Crippen molar-refractivity contribution in [2.75, 3.05) is 10.6 Å². The van der Waals surface area contributed by atoms with Gasteiger partial charge in [-0.25, -0.2) is 0 Å². The number of aryl methyl sites for hydroxylation is 1. The molecule has 132 valence electrons. The van der Waals surface area contributed by atoms with Gasteiger partial charge in [0.05, 0.1) is 9.88 Å². The Kier molecular flexibility index (Phi) is 5.39. The average molecular weight is 382 g/mol. The van der Waals surface area contributed by atoms with E-state index in [1.165, 1.54) is 23.5 Å². The summed E-state index contributed by atoms with van der Waals surface area (Å²) in [4.78, 5) is 25.2. The maximum atomic E-state index is 12.4. The Morgan fingerprint density at radius 2 is 1.88 bits per heavy atom. The summed E-state index contributed by atoms with van der Waals surface area (Å²) in [6.07, 6.45) is 1.84. The van der Waals surface area contributed by atoms with Crippen LogP contribution in [0.2, 0.25) is 0 Å². The predicted molar refractivity (Wildman–Crippen MR) is 96.7 cm³/mol. The maximum absolute atomic E-state index is 12.4. The molecule has 0 bridgehead atoms. The van der Waals surface area contributed by atoms with E-state index < -0.39 is 5.76 Å². The Morgan fingerprint density at radius 1 is 1.20 bits per heavy atom. The molecule has 3 rings (SSSR count). The molecule has 0 radical (unpaired) electrons. The molecule has 1 aromatic heterocycles. The first-order valence-electron chi connectivity index (χ1n) is 7.70. The summed E-state index contributed by atoms with van der Waals surface area (Å²) in [6, 6.07) is 8.02. The number of benzene rings is 1. The summed E-state index contributed by atoms with van der Waals surface area (Å²) in [5, 5.41) is 6.23. The van der Waals surface area contributed by atoms with Gasteiger partial charge in [0.1, 0.15) is 0 Å². The normalized spacial score (nSPS) is 13.8. The fourth-order valence-electron chi connectivity index (χ4n) is 2.25. The third kappa shape index (κ3) is 4.79. The van der Waals surface area contributed by atoms with Gasteiger partial charge < -0.3 is 10.6 Å². The minimum atomic E-state index is -2.47. The van der Waals surface area contributed by atoms with Gasteiger partial charge in [0.25, 0.3) is 11.7 Å². The van der Waals surface area contributed by atoms with Crippen molar-refractivity contribution in [3.63, 3.8) is 0 Å².